The van der Waals surface area contributed by atoms with Crippen molar-refractivity contribution in [3.8, 4) is 0 Å². The van der Waals surface area contributed by atoms with Gasteiger partial charge in [0.2, 0.25) is 11.8 Å². The van der Waals surface area contributed by atoms with E-state index < -0.39 is 0 Å². The maximum atomic E-state index is 12.5. The molecule has 0 spiro atoms. The summed E-state index contributed by atoms with van der Waals surface area (Å²) < 4.78 is 0. The van der Waals surface area contributed by atoms with E-state index in [1.54, 1.807) is 24.3 Å². The molecule has 2 aromatic rings. The van der Waals surface area contributed by atoms with Crippen molar-refractivity contribution in [3.63, 3.8) is 0 Å². The second-order valence-electron chi connectivity index (χ2n) is 8.21. The first-order chi connectivity index (χ1) is 15.0. The predicted molar refractivity (Wildman–Crippen MR) is 124 cm³/mol. The van der Waals surface area contributed by atoms with Gasteiger partial charge in [-0.3, -0.25) is 14.4 Å². The maximum Gasteiger partial charge on any atom is 0.255 e. The Bertz CT molecular complexity index is 953. The fourth-order valence-electron chi connectivity index (χ4n) is 3.64. The predicted octanol–water partition coefficient (Wildman–Crippen LogP) is 3.65. The Morgan fingerprint density at radius 2 is 1.52 bits per heavy atom. The number of hydrogen-bond acceptors (Lipinski definition) is 4. The van der Waals surface area contributed by atoms with E-state index in [1.807, 2.05) is 40.9 Å². The lowest BCUT2D eigenvalue weighted by atomic mass is 10.1. The molecule has 1 aliphatic carbocycles. The van der Waals surface area contributed by atoms with Crippen molar-refractivity contribution >= 4 is 40.9 Å². The molecule has 31 heavy (non-hydrogen) atoms. The Balaban J connectivity index is 1.29. The van der Waals surface area contributed by atoms with Gasteiger partial charge in [-0.1, -0.05) is 19.1 Å². The standard InChI is InChI=1S/C24H27N3O3S/c1-16-14-21(16)24(30)26-20-8-4-18(5-9-20)23(29)25-19-6-2-17(3-7-19)15-22(28)27-10-12-31-13-11-27/h2-9,16,21H,10-15H2,1H3,(H,25,29)(H,26,30). The summed E-state index contributed by atoms with van der Waals surface area (Å²) in [6.45, 7) is 3.70. The Labute approximate surface area is 186 Å². The molecule has 0 aromatic heterocycles. The highest BCUT2D eigenvalue weighted by molar-refractivity contribution is 7.99. The summed E-state index contributed by atoms with van der Waals surface area (Å²) in [6, 6.07) is 14.3. The first kappa shape index (κ1) is 21.4. The van der Waals surface area contributed by atoms with Crippen LogP contribution in [0.25, 0.3) is 0 Å². The number of rotatable bonds is 6. The van der Waals surface area contributed by atoms with Gasteiger partial charge in [0.05, 0.1) is 6.42 Å². The summed E-state index contributed by atoms with van der Waals surface area (Å²) in [6.07, 6.45) is 1.32. The van der Waals surface area contributed by atoms with Crippen LogP contribution < -0.4 is 10.6 Å². The van der Waals surface area contributed by atoms with E-state index in [2.05, 4.69) is 17.6 Å². The molecule has 2 aliphatic rings. The molecule has 7 heteroatoms. The molecule has 0 radical (unpaired) electrons. The molecule has 2 N–H and O–H groups in total. The number of amides is 3. The number of hydrogen-bond donors (Lipinski definition) is 2. The van der Waals surface area contributed by atoms with Crippen LogP contribution in [0.1, 0.15) is 29.3 Å². The minimum absolute atomic E-state index is 0.0439. The van der Waals surface area contributed by atoms with Gasteiger partial charge in [0, 0.05) is 47.5 Å². The number of anilines is 2. The summed E-state index contributed by atoms with van der Waals surface area (Å²) >= 11 is 1.88. The van der Waals surface area contributed by atoms with Crippen LogP contribution in [-0.2, 0) is 16.0 Å². The number of thioether (sulfide) groups is 1. The van der Waals surface area contributed by atoms with Gasteiger partial charge in [-0.25, -0.2) is 0 Å². The topological polar surface area (TPSA) is 78.5 Å². The molecule has 3 amide bonds. The first-order valence-electron chi connectivity index (χ1n) is 10.7. The van der Waals surface area contributed by atoms with Crippen LogP contribution in [0.5, 0.6) is 0 Å². The third kappa shape index (κ3) is 5.67. The summed E-state index contributed by atoms with van der Waals surface area (Å²) in [4.78, 5) is 38.8. The number of benzene rings is 2. The summed E-state index contributed by atoms with van der Waals surface area (Å²) in [7, 11) is 0. The highest BCUT2D eigenvalue weighted by atomic mass is 32.2. The zero-order valence-electron chi connectivity index (χ0n) is 17.6. The van der Waals surface area contributed by atoms with Crippen molar-refractivity contribution < 1.29 is 14.4 Å². The van der Waals surface area contributed by atoms with Crippen LogP contribution in [0.15, 0.2) is 48.5 Å². The minimum atomic E-state index is -0.219. The Hall–Kier alpha value is -2.80. The molecule has 6 nitrogen and oxygen atoms in total. The molecule has 162 valence electrons. The van der Waals surface area contributed by atoms with E-state index in [0.29, 0.717) is 29.3 Å². The number of carbonyl (C=O) groups is 3. The smallest absolute Gasteiger partial charge is 0.255 e. The molecule has 1 heterocycles. The van der Waals surface area contributed by atoms with Crippen molar-refractivity contribution in [1.29, 1.82) is 0 Å². The van der Waals surface area contributed by atoms with Crippen LogP contribution in [0, 0.1) is 11.8 Å². The molecule has 2 fully saturated rings. The van der Waals surface area contributed by atoms with Crippen LogP contribution in [0.2, 0.25) is 0 Å². The molecule has 0 bridgehead atoms. The zero-order valence-corrected chi connectivity index (χ0v) is 18.4. The van der Waals surface area contributed by atoms with Crippen LogP contribution in [0.3, 0.4) is 0 Å². The van der Waals surface area contributed by atoms with Crippen molar-refractivity contribution in [2.24, 2.45) is 11.8 Å². The number of nitrogens with zero attached hydrogens (tertiary/aromatic N) is 1. The molecule has 2 aromatic carbocycles. The van der Waals surface area contributed by atoms with E-state index in [9.17, 15) is 14.4 Å². The Morgan fingerprint density at radius 3 is 2.13 bits per heavy atom. The van der Waals surface area contributed by atoms with Crippen molar-refractivity contribution in [3.05, 3.63) is 59.7 Å². The van der Waals surface area contributed by atoms with Crippen molar-refractivity contribution in [2.75, 3.05) is 35.2 Å². The molecule has 2 unspecified atom stereocenters. The first-order valence-corrected chi connectivity index (χ1v) is 11.8. The largest absolute Gasteiger partial charge is 0.341 e. The molecular formula is C24H27N3O3S. The van der Waals surface area contributed by atoms with E-state index >= 15 is 0 Å². The van der Waals surface area contributed by atoms with Gasteiger partial charge in [0.1, 0.15) is 0 Å². The third-order valence-electron chi connectivity index (χ3n) is 5.79. The summed E-state index contributed by atoms with van der Waals surface area (Å²) in [5.41, 5.74) is 2.82. The molecule has 2 atom stereocenters. The molecule has 1 aliphatic heterocycles. The molecular weight excluding hydrogens is 410 g/mol. The van der Waals surface area contributed by atoms with Gasteiger partial charge in [-0.05, 0) is 54.3 Å². The SMILES string of the molecule is CC1CC1C(=O)Nc1ccc(C(=O)Nc2ccc(CC(=O)N3CCSCC3)cc2)cc1. The zero-order chi connectivity index (χ0) is 21.8. The molecule has 1 saturated heterocycles. The molecule has 1 saturated carbocycles. The van der Waals surface area contributed by atoms with E-state index in [4.69, 9.17) is 0 Å². The second-order valence-corrected chi connectivity index (χ2v) is 9.43. The summed E-state index contributed by atoms with van der Waals surface area (Å²) in [5.74, 6) is 2.55. The normalized spacial score (nSPS) is 20.1. The van der Waals surface area contributed by atoms with E-state index in [-0.39, 0.29) is 23.6 Å². The van der Waals surface area contributed by atoms with Crippen LogP contribution in [-0.4, -0.2) is 47.2 Å². The quantitative estimate of drug-likeness (QED) is 0.723. The van der Waals surface area contributed by atoms with Gasteiger partial charge < -0.3 is 15.5 Å². The third-order valence-corrected chi connectivity index (χ3v) is 6.73. The van der Waals surface area contributed by atoms with Crippen molar-refractivity contribution in [1.82, 2.24) is 4.90 Å². The van der Waals surface area contributed by atoms with Crippen LogP contribution >= 0.6 is 11.8 Å². The number of carbonyl (C=O) groups excluding carboxylic acids is 3. The van der Waals surface area contributed by atoms with Gasteiger partial charge in [-0.15, -0.1) is 0 Å². The average Bonchev–Trinajstić information content (AvgIpc) is 3.53. The van der Waals surface area contributed by atoms with Gasteiger partial charge in [-0.2, -0.15) is 11.8 Å². The van der Waals surface area contributed by atoms with Gasteiger partial charge in [0.15, 0.2) is 0 Å². The second kappa shape index (κ2) is 9.56. The minimum Gasteiger partial charge on any atom is -0.341 e. The Kier molecular flexibility index (Phi) is 6.61. The highest BCUT2D eigenvalue weighted by Gasteiger charge is 2.39. The lowest BCUT2D eigenvalue weighted by Crippen LogP contribution is -2.38. The van der Waals surface area contributed by atoms with Gasteiger partial charge in [0.25, 0.3) is 5.91 Å². The monoisotopic (exact) mass is 437 g/mol. The fraction of sp³-hybridized carbons (Fsp3) is 0.375. The van der Waals surface area contributed by atoms with E-state index in [0.717, 1.165) is 36.6 Å². The molecule has 4 rings (SSSR count). The van der Waals surface area contributed by atoms with Crippen molar-refractivity contribution in [2.45, 2.75) is 19.8 Å². The maximum absolute atomic E-state index is 12.5. The number of nitrogens with one attached hydrogen (secondary N) is 2. The average molecular weight is 438 g/mol. The lowest BCUT2D eigenvalue weighted by Gasteiger charge is -2.26. The van der Waals surface area contributed by atoms with Crippen LogP contribution in [0.4, 0.5) is 11.4 Å². The van der Waals surface area contributed by atoms with E-state index in [1.165, 1.54) is 0 Å². The fourth-order valence-corrected chi connectivity index (χ4v) is 4.54. The summed E-state index contributed by atoms with van der Waals surface area (Å²) in [5, 5.41) is 5.76. The highest BCUT2D eigenvalue weighted by Crippen LogP contribution is 2.38. The Morgan fingerprint density at radius 1 is 0.935 bits per heavy atom. The lowest BCUT2D eigenvalue weighted by molar-refractivity contribution is -0.130. The van der Waals surface area contributed by atoms with Gasteiger partial charge >= 0.3 is 0 Å².